The number of nitrogens with zero attached hydrogens (tertiary/aromatic N) is 2. The zero-order valence-corrected chi connectivity index (χ0v) is 13.2. The molecule has 0 unspecified atom stereocenters. The molecule has 0 aromatic heterocycles. The number of nitriles is 1. The summed E-state index contributed by atoms with van der Waals surface area (Å²) < 4.78 is 26.3. The minimum absolute atomic E-state index is 0.198. The van der Waals surface area contributed by atoms with E-state index in [0.29, 0.717) is 24.2 Å². The Labute approximate surface area is 121 Å². The summed E-state index contributed by atoms with van der Waals surface area (Å²) in [6, 6.07) is 6.55. The molecule has 0 saturated heterocycles. The second kappa shape index (κ2) is 5.92. The first kappa shape index (κ1) is 16.6. The fourth-order valence-corrected chi connectivity index (χ4v) is 3.30. The zero-order valence-electron chi connectivity index (χ0n) is 12.3. The van der Waals surface area contributed by atoms with Crippen LogP contribution < -0.4 is 5.73 Å². The summed E-state index contributed by atoms with van der Waals surface area (Å²) in [6.45, 7) is 6.30. The highest BCUT2D eigenvalue weighted by Crippen LogP contribution is 2.22. The van der Waals surface area contributed by atoms with E-state index in [-0.39, 0.29) is 10.3 Å². The Morgan fingerprint density at radius 1 is 1.40 bits per heavy atom. The molecule has 0 aliphatic rings. The SMILES string of the molecule is Cc1cc(S(=O)(=O)N(C)CC(C)(C)CN)ccc1C#N. The van der Waals surface area contributed by atoms with Crippen molar-refractivity contribution in [3.05, 3.63) is 29.3 Å². The standard InChI is InChI=1S/C14H21N3O2S/c1-11-7-13(6-5-12(11)8-15)20(18,19)17(4)10-14(2,3)9-16/h5-7H,9-10,16H2,1-4H3. The number of nitrogens with two attached hydrogens (primary N) is 1. The lowest BCUT2D eigenvalue weighted by Crippen LogP contribution is -2.39. The molecule has 1 aromatic carbocycles. The Hall–Kier alpha value is -1.42. The van der Waals surface area contributed by atoms with Crippen molar-refractivity contribution in [2.75, 3.05) is 20.1 Å². The van der Waals surface area contributed by atoms with Crippen LogP contribution in [0.4, 0.5) is 0 Å². The van der Waals surface area contributed by atoms with Crippen LogP contribution in [0.5, 0.6) is 0 Å². The third-order valence-electron chi connectivity index (χ3n) is 3.23. The molecule has 1 rings (SSSR count). The maximum absolute atomic E-state index is 12.5. The molecule has 0 atom stereocenters. The topological polar surface area (TPSA) is 87.2 Å². The predicted octanol–water partition coefficient (Wildman–Crippen LogP) is 1.47. The molecule has 0 saturated carbocycles. The first-order valence-electron chi connectivity index (χ1n) is 6.31. The summed E-state index contributed by atoms with van der Waals surface area (Å²) in [6.07, 6.45) is 0. The van der Waals surface area contributed by atoms with Crippen molar-refractivity contribution < 1.29 is 8.42 Å². The first-order chi connectivity index (χ1) is 9.14. The van der Waals surface area contributed by atoms with Gasteiger partial charge in [-0.15, -0.1) is 0 Å². The molecule has 0 aliphatic heterocycles. The van der Waals surface area contributed by atoms with Gasteiger partial charge in [0.2, 0.25) is 10.0 Å². The van der Waals surface area contributed by atoms with E-state index < -0.39 is 10.0 Å². The number of benzene rings is 1. The first-order valence-corrected chi connectivity index (χ1v) is 7.75. The van der Waals surface area contributed by atoms with Crippen molar-refractivity contribution in [2.24, 2.45) is 11.1 Å². The van der Waals surface area contributed by atoms with Crippen molar-refractivity contribution in [3.8, 4) is 6.07 Å². The highest BCUT2D eigenvalue weighted by Gasteiger charge is 2.27. The highest BCUT2D eigenvalue weighted by atomic mass is 32.2. The van der Waals surface area contributed by atoms with Crippen LogP contribution in [0.2, 0.25) is 0 Å². The summed E-state index contributed by atoms with van der Waals surface area (Å²) in [4.78, 5) is 0.198. The smallest absolute Gasteiger partial charge is 0.242 e. The summed E-state index contributed by atoms with van der Waals surface area (Å²) in [5, 5.41) is 8.88. The van der Waals surface area contributed by atoms with E-state index in [2.05, 4.69) is 0 Å². The average molecular weight is 295 g/mol. The second-order valence-electron chi connectivity index (χ2n) is 5.72. The monoisotopic (exact) mass is 295 g/mol. The van der Waals surface area contributed by atoms with Crippen LogP contribution >= 0.6 is 0 Å². The molecule has 0 fully saturated rings. The van der Waals surface area contributed by atoms with Crippen LogP contribution in [0.15, 0.2) is 23.1 Å². The summed E-state index contributed by atoms with van der Waals surface area (Å²) in [7, 11) is -2.02. The van der Waals surface area contributed by atoms with Crippen LogP contribution in [-0.4, -0.2) is 32.9 Å². The lowest BCUT2D eigenvalue weighted by Gasteiger charge is -2.28. The molecule has 110 valence electrons. The molecule has 0 radical (unpaired) electrons. The van der Waals surface area contributed by atoms with Gasteiger partial charge in [0.15, 0.2) is 0 Å². The fraction of sp³-hybridized carbons (Fsp3) is 0.500. The second-order valence-corrected chi connectivity index (χ2v) is 7.76. The van der Waals surface area contributed by atoms with Gasteiger partial charge >= 0.3 is 0 Å². The van der Waals surface area contributed by atoms with Gasteiger partial charge in [-0.3, -0.25) is 0 Å². The van der Waals surface area contributed by atoms with E-state index in [1.165, 1.54) is 22.5 Å². The number of hydrogen-bond acceptors (Lipinski definition) is 4. The quantitative estimate of drug-likeness (QED) is 0.891. The van der Waals surface area contributed by atoms with Crippen LogP contribution in [0.1, 0.15) is 25.0 Å². The van der Waals surface area contributed by atoms with Crippen LogP contribution in [0, 0.1) is 23.7 Å². The van der Waals surface area contributed by atoms with E-state index in [0.717, 1.165) is 0 Å². The van der Waals surface area contributed by atoms with Gasteiger partial charge in [0.25, 0.3) is 0 Å². The number of aryl methyl sites for hydroxylation is 1. The molecule has 6 heteroatoms. The molecule has 0 heterocycles. The van der Waals surface area contributed by atoms with Gasteiger partial charge in [-0.2, -0.15) is 5.26 Å². The molecule has 0 aliphatic carbocycles. The Morgan fingerprint density at radius 3 is 2.45 bits per heavy atom. The molecule has 0 amide bonds. The van der Waals surface area contributed by atoms with E-state index in [9.17, 15) is 8.42 Å². The third-order valence-corrected chi connectivity index (χ3v) is 5.03. The Kier molecular flexibility index (Phi) is 4.92. The van der Waals surface area contributed by atoms with Gasteiger partial charge in [-0.25, -0.2) is 12.7 Å². The van der Waals surface area contributed by atoms with E-state index in [4.69, 9.17) is 11.0 Å². The van der Waals surface area contributed by atoms with Gasteiger partial charge in [0.05, 0.1) is 16.5 Å². The molecule has 0 spiro atoms. The number of rotatable bonds is 5. The highest BCUT2D eigenvalue weighted by molar-refractivity contribution is 7.89. The maximum atomic E-state index is 12.5. The zero-order chi connectivity index (χ0) is 15.6. The largest absolute Gasteiger partial charge is 0.330 e. The summed E-state index contributed by atoms with van der Waals surface area (Å²) in [5.41, 5.74) is 6.49. The Morgan fingerprint density at radius 2 is 2.00 bits per heavy atom. The number of sulfonamides is 1. The maximum Gasteiger partial charge on any atom is 0.242 e. The van der Waals surface area contributed by atoms with Crippen molar-refractivity contribution in [1.29, 1.82) is 5.26 Å². The normalized spacial score (nSPS) is 12.4. The minimum atomic E-state index is -3.56. The predicted molar refractivity (Wildman–Crippen MR) is 78.5 cm³/mol. The average Bonchev–Trinajstić information content (AvgIpc) is 2.38. The Bertz CT molecular complexity index is 630. The number of hydrogen-bond donors (Lipinski definition) is 1. The van der Waals surface area contributed by atoms with E-state index in [1.807, 2.05) is 19.9 Å². The van der Waals surface area contributed by atoms with Crippen molar-refractivity contribution in [3.63, 3.8) is 0 Å². The van der Waals surface area contributed by atoms with Gasteiger partial charge in [-0.1, -0.05) is 13.8 Å². The van der Waals surface area contributed by atoms with Crippen LogP contribution in [0.3, 0.4) is 0 Å². The van der Waals surface area contributed by atoms with E-state index in [1.54, 1.807) is 14.0 Å². The molecule has 0 bridgehead atoms. The molecular weight excluding hydrogens is 274 g/mol. The van der Waals surface area contributed by atoms with E-state index >= 15 is 0 Å². The Balaban J connectivity index is 3.11. The lowest BCUT2D eigenvalue weighted by molar-refractivity contribution is 0.292. The lowest BCUT2D eigenvalue weighted by atomic mass is 9.94. The summed E-state index contributed by atoms with van der Waals surface area (Å²) >= 11 is 0. The molecule has 20 heavy (non-hydrogen) atoms. The van der Waals surface area contributed by atoms with Crippen LogP contribution in [0.25, 0.3) is 0 Å². The molecule has 1 aromatic rings. The van der Waals surface area contributed by atoms with Gasteiger partial charge in [0.1, 0.15) is 0 Å². The molecule has 2 N–H and O–H groups in total. The van der Waals surface area contributed by atoms with Gasteiger partial charge in [-0.05, 0) is 42.6 Å². The summed E-state index contributed by atoms with van der Waals surface area (Å²) in [5.74, 6) is 0. The van der Waals surface area contributed by atoms with Gasteiger partial charge < -0.3 is 5.73 Å². The molecular formula is C14H21N3O2S. The third kappa shape index (κ3) is 3.57. The molecule has 5 nitrogen and oxygen atoms in total. The van der Waals surface area contributed by atoms with Crippen molar-refractivity contribution in [2.45, 2.75) is 25.7 Å². The van der Waals surface area contributed by atoms with Crippen molar-refractivity contribution in [1.82, 2.24) is 4.31 Å². The van der Waals surface area contributed by atoms with Gasteiger partial charge in [0, 0.05) is 13.6 Å². The van der Waals surface area contributed by atoms with Crippen molar-refractivity contribution >= 4 is 10.0 Å². The van der Waals surface area contributed by atoms with Crippen LogP contribution in [-0.2, 0) is 10.0 Å². The fourth-order valence-electron chi connectivity index (χ4n) is 1.85. The minimum Gasteiger partial charge on any atom is -0.330 e.